The maximum Gasteiger partial charge on any atom is 0.407 e. The monoisotopic (exact) mass is 532 g/mol. The number of nitrogens with one attached hydrogen (secondary N) is 1. The van der Waals surface area contributed by atoms with Crippen molar-refractivity contribution < 1.29 is 23.8 Å². The first-order chi connectivity index (χ1) is 15.9. The van der Waals surface area contributed by atoms with Gasteiger partial charge in [-0.25, -0.2) is 4.79 Å². The molecule has 2 aromatic heterocycles. The fourth-order valence-electron chi connectivity index (χ4n) is 3.67. The summed E-state index contributed by atoms with van der Waals surface area (Å²) in [7, 11) is 0. The predicted molar refractivity (Wildman–Crippen MR) is 130 cm³/mol. The summed E-state index contributed by atoms with van der Waals surface area (Å²) in [6, 6.07) is 5.09. The van der Waals surface area contributed by atoms with Crippen LogP contribution in [0.15, 0.2) is 27.1 Å². The lowest BCUT2D eigenvalue weighted by atomic mass is 9.99. The number of ketones is 1. The van der Waals surface area contributed by atoms with E-state index in [-0.39, 0.29) is 18.9 Å². The van der Waals surface area contributed by atoms with Gasteiger partial charge < -0.3 is 24.1 Å². The number of rotatable bonds is 8. The number of ether oxygens (including phenoxy) is 1. The molecule has 2 heterocycles. The van der Waals surface area contributed by atoms with Gasteiger partial charge in [0.05, 0.1) is 11.0 Å². The van der Waals surface area contributed by atoms with Gasteiger partial charge in [0.1, 0.15) is 18.1 Å². The Kier molecular flexibility index (Phi) is 7.50. The van der Waals surface area contributed by atoms with Crippen molar-refractivity contribution in [3.63, 3.8) is 0 Å². The zero-order valence-electron chi connectivity index (χ0n) is 20.2. The summed E-state index contributed by atoms with van der Waals surface area (Å²) < 4.78 is 12.0. The van der Waals surface area contributed by atoms with E-state index in [0.29, 0.717) is 50.9 Å². The molecule has 9 nitrogen and oxygen atoms in total. The number of aryl methyl sites for hydroxylation is 2. The van der Waals surface area contributed by atoms with Gasteiger partial charge in [0, 0.05) is 28.8 Å². The molecule has 1 aromatic carbocycles. The molecule has 34 heavy (non-hydrogen) atoms. The van der Waals surface area contributed by atoms with Crippen molar-refractivity contribution in [2.75, 3.05) is 13.2 Å². The lowest BCUT2D eigenvalue weighted by Crippen LogP contribution is -2.46. The van der Waals surface area contributed by atoms with Crippen LogP contribution in [0.4, 0.5) is 4.79 Å². The molecule has 1 amide bonds. The Morgan fingerprint density at radius 1 is 1.24 bits per heavy atom. The molecule has 2 N–H and O–H groups in total. The summed E-state index contributed by atoms with van der Waals surface area (Å²) in [6.45, 7) is 11.5. The Balaban J connectivity index is 1.77. The summed E-state index contributed by atoms with van der Waals surface area (Å²) >= 11 is 3.47. The topological polar surface area (TPSA) is 122 Å². The number of aromatic amines is 1. The zero-order chi connectivity index (χ0) is 25.2. The van der Waals surface area contributed by atoms with E-state index >= 15 is 0 Å². The SMILES string of the molecule is CCc1nnc(-c2[nH]c(C)c(C(=O)c3ccc(OCCN(C(=O)O)C(C)(C)C)c(Br)c3)c2C)o1. The molecule has 0 saturated carbocycles. The van der Waals surface area contributed by atoms with Crippen LogP contribution >= 0.6 is 15.9 Å². The highest BCUT2D eigenvalue weighted by Gasteiger charge is 2.26. The third-order valence-corrected chi connectivity index (χ3v) is 6.07. The van der Waals surface area contributed by atoms with Crippen LogP contribution in [-0.2, 0) is 6.42 Å². The van der Waals surface area contributed by atoms with E-state index in [2.05, 4.69) is 31.1 Å². The zero-order valence-corrected chi connectivity index (χ0v) is 21.7. The number of nitrogens with zero attached hydrogens (tertiary/aromatic N) is 3. The van der Waals surface area contributed by atoms with Gasteiger partial charge in [0.2, 0.25) is 5.89 Å². The standard InChI is InChI=1S/C24H29BrN4O5/c1-7-18-27-28-22(34-18)20-13(2)19(14(3)26-20)21(30)15-8-9-17(16(25)12-15)33-11-10-29(23(31)32)24(4,5)6/h8-9,12,26H,7,10-11H2,1-6H3,(H,31,32). The second-order valence-corrected chi connectivity index (χ2v) is 9.76. The number of carbonyl (C=O) groups excluding carboxylic acids is 1. The molecule has 0 unspecified atom stereocenters. The highest BCUT2D eigenvalue weighted by molar-refractivity contribution is 9.10. The van der Waals surface area contributed by atoms with Crippen molar-refractivity contribution in [2.24, 2.45) is 0 Å². The van der Waals surface area contributed by atoms with Crippen molar-refractivity contribution in [3.8, 4) is 17.3 Å². The van der Waals surface area contributed by atoms with Crippen LogP contribution in [-0.4, -0.2) is 55.8 Å². The molecule has 3 rings (SSSR count). The fourth-order valence-corrected chi connectivity index (χ4v) is 4.16. The Bertz CT molecular complexity index is 1210. The Hall–Kier alpha value is -3.14. The van der Waals surface area contributed by atoms with E-state index in [4.69, 9.17) is 9.15 Å². The highest BCUT2D eigenvalue weighted by Crippen LogP contribution is 2.31. The quantitative estimate of drug-likeness (QED) is 0.372. The molecule has 0 aliphatic carbocycles. The Labute approximate surface area is 206 Å². The van der Waals surface area contributed by atoms with Crippen LogP contribution in [0.1, 0.15) is 60.8 Å². The summed E-state index contributed by atoms with van der Waals surface area (Å²) in [5.41, 5.74) is 2.58. The number of hydrogen-bond acceptors (Lipinski definition) is 6. The van der Waals surface area contributed by atoms with Crippen LogP contribution in [0.25, 0.3) is 11.6 Å². The van der Waals surface area contributed by atoms with E-state index in [9.17, 15) is 14.7 Å². The van der Waals surface area contributed by atoms with Gasteiger partial charge in [-0.15, -0.1) is 10.2 Å². The molecule has 182 valence electrons. The van der Waals surface area contributed by atoms with Crippen molar-refractivity contribution >= 4 is 27.8 Å². The normalized spacial score (nSPS) is 11.5. The number of amides is 1. The largest absolute Gasteiger partial charge is 0.491 e. The van der Waals surface area contributed by atoms with Gasteiger partial charge in [0.15, 0.2) is 5.78 Å². The van der Waals surface area contributed by atoms with Crippen molar-refractivity contribution in [3.05, 3.63) is 50.9 Å². The third kappa shape index (κ3) is 5.32. The Morgan fingerprint density at radius 2 is 1.94 bits per heavy atom. The summed E-state index contributed by atoms with van der Waals surface area (Å²) in [5.74, 6) is 1.26. The van der Waals surface area contributed by atoms with E-state index in [1.54, 1.807) is 18.2 Å². The maximum atomic E-state index is 13.3. The molecular weight excluding hydrogens is 504 g/mol. The number of halogens is 1. The van der Waals surface area contributed by atoms with Crippen LogP contribution in [0.2, 0.25) is 0 Å². The molecule has 0 fully saturated rings. The van der Waals surface area contributed by atoms with Gasteiger partial charge in [-0.05, 0) is 74.3 Å². The molecule has 0 saturated heterocycles. The van der Waals surface area contributed by atoms with Crippen LogP contribution in [0, 0.1) is 13.8 Å². The molecule has 0 spiro atoms. The number of H-pyrrole nitrogens is 1. The average molecular weight is 533 g/mol. The summed E-state index contributed by atoms with van der Waals surface area (Å²) in [4.78, 5) is 29.3. The molecule has 10 heteroatoms. The molecule has 0 aliphatic rings. The number of carbonyl (C=O) groups is 2. The smallest absolute Gasteiger partial charge is 0.407 e. The molecule has 0 radical (unpaired) electrons. The van der Waals surface area contributed by atoms with Gasteiger partial charge in [-0.1, -0.05) is 6.92 Å². The maximum absolute atomic E-state index is 13.3. The first-order valence-corrected chi connectivity index (χ1v) is 11.7. The van der Waals surface area contributed by atoms with Crippen LogP contribution in [0.5, 0.6) is 5.75 Å². The third-order valence-electron chi connectivity index (χ3n) is 5.45. The second kappa shape index (κ2) is 10.0. The molecule has 3 aromatic rings. The van der Waals surface area contributed by atoms with E-state index in [0.717, 1.165) is 5.56 Å². The van der Waals surface area contributed by atoms with Gasteiger partial charge in [-0.2, -0.15) is 0 Å². The average Bonchev–Trinajstić information content (AvgIpc) is 3.34. The van der Waals surface area contributed by atoms with Crippen LogP contribution < -0.4 is 4.74 Å². The number of hydrogen-bond donors (Lipinski definition) is 2. The van der Waals surface area contributed by atoms with E-state index in [1.165, 1.54) is 4.90 Å². The minimum Gasteiger partial charge on any atom is -0.491 e. The first-order valence-electron chi connectivity index (χ1n) is 10.9. The van der Waals surface area contributed by atoms with Gasteiger partial charge in [0.25, 0.3) is 5.89 Å². The highest BCUT2D eigenvalue weighted by atomic mass is 79.9. The number of benzene rings is 1. The lowest BCUT2D eigenvalue weighted by molar-refractivity contribution is 0.0890. The molecule has 0 bridgehead atoms. The van der Waals surface area contributed by atoms with Crippen molar-refractivity contribution in [2.45, 2.75) is 53.5 Å². The number of carboxylic acid groups (broad SMARTS) is 1. The minimum absolute atomic E-state index is 0.148. The van der Waals surface area contributed by atoms with E-state index in [1.807, 2.05) is 41.5 Å². The minimum atomic E-state index is -1.00. The van der Waals surface area contributed by atoms with Crippen LogP contribution in [0.3, 0.4) is 0 Å². The van der Waals surface area contributed by atoms with Gasteiger partial charge >= 0.3 is 6.09 Å². The van der Waals surface area contributed by atoms with Crippen molar-refractivity contribution in [1.82, 2.24) is 20.1 Å². The number of aromatic nitrogens is 3. The van der Waals surface area contributed by atoms with E-state index < -0.39 is 11.6 Å². The van der Waals surface area contributed by atoms with Crippen molar-refractivity contribution in [1.29, 1.82) is 0 Å². The molecule has 0 atom stereocenters. The summed E-state index contributed by atoms with van der Waals surface area (Å²) in [5, 5.41) is 17.5. The van der Waals surface area contributed by atoms with Gasteiger partial charge in [-0.3, -0.25) is 4.79 Å². The Morgan fingerprint density at radius 3 is 2.50 bits per heavy atom. The second-order valence-electron chi connectivity index (χ2n) is 8.91. The first kappa shape index (κ1) is 25.5. The molecular formula is C24H29BrN4O5. The summed E-state index contributed by atoms with van der Waals surface area (Å²) in [6.07, 6.45) is -0.371. The fraction of sp³-hybridized carbons (Fsp3) is 0.417. The lowest BCUT2D eigenvalue weighted by Gasteiger charge is -2.33. The molecule has 0 aliphatic heterocycles. The predicted octanol–water partition coefficient (Wildman–Crippen LogP) is 5.39.